The third-order valence-corrected chi connectivity index (χ3v) is 8.91. The molecule has 0 aliphatic carbocycles. The predicted octanol–water partition coefficient (Wildman–Crippen LogP) is 3.90. The van der Waals surface area contributed by atoms with Gasteiger partial charge in [-0.05, 0) is 30.0 Å². The van der Waals surface area contributed by atoms with E-state index in [2.05, 4.69) is 15.3 Å². The number of benzene rings is 2. The molecule has 11 nitrogen and oxygen atoms in total. The van der Waals surface area contributed by atoms with Crippen LogP contribution >= 0.6 is 11.3 Å². The number of hydrogen-bond donors (Lipinski definition) is 2. The summed E-state index contributed by atoms with van der Waals surface area (Å²) in [4.78, 5) is 23.2. The van der Waals surface area contributed by atoms with Crippen molar-refractivity contribution in [1.82, 2.24) is 19.6 Å². The second-order valence-corrected chi connectivity index (χ2v) is 13.1. The maximum absolute atomic E-state index is 14.2. The molecule has 0 saturated heterocycles. The molecule has 2 aromatic carbocycles. The van der Waals surface area contributed by atoms with Crippen molar-refractivity contribution in [2.45, 2.75) is 43.9 Å². The van der Waals surface area contributed by atoms with Gasteiger partial charge in [0.15, 0.2) is 5.58 Å². The standard InChI is InChI=1S/C28H35N5O6S2/c1-19(2)16-33(41(36,37)22-10-11-23-26(13-22)39-27(31-23)32(3)4)24(12-20-8-6-5-7-9-20)25(34)15-30-28(35)38-17-21-14-29-18-40-21/h5-11,13-14,18-19,24-25,34H,12,15-17H2,1-4H3,(H,30,35). The molecular weight excluding hydrogens is 566 g/mol. The van der Waals surface area contributed by atoms with E-state index in [-0.39, 0.29) is 36.9 Å². The van der Waals surface area contributed by atoms with Crippen LogP contribution in [0.15, 0.2) is 69.6 Å². The first-order chi connectivity index (χ1) is 19.5. The van der Waals surface area contributed by atoms with Crippen molar-refractivity contribution in [2.75, 3.05) is 32.1 Å². The number of alkyl carbamates (subject to hydrolysis) is 1. The number of ether oxygens (including phenoxy) is 1. The van der Waals surface area contributed by atoms with Crippen LogP contribution in [0.5, 0.6) is 0 Å². The topological polar surface area (TPSA) is 138 Å². The van der Waals surface area contributed by atoms with Crippen LogP contribution < -0.4 is 10.2 Å². The van der Waals surface area contributed by atoms with Crippen LogP contribution in [0.2, 0.25) is 0 Å². The van der Waals surface area contributed by atoms with E-state index in [0.29, 0.717) is 17.1 Å². The summed E-state index contributed by atoms with van der Waals surface area (Å²) in [6.45, 7) is 3.80. The Bertz CT molecular complexity index is 1520. The van der Waals surface area contributed by atoms with Crippen LogP contribution in [0.1, 0.15) is 24.3 Å². The number of nitrogens with one attached hydrogen (secondary N) is 1. The van der Waals surface area contributed by atoms with E-state index >= 15 is 0 Å². The van der Waals surface area contributed by atoms with Crippen LogP contribution in [0, 0.1) is 5.92 Å². The number of anilines is 1. The average Bonchev–Trinajstić information content (AvgIpc) is 3.62. The average molecular weight is 602 g/mol. The van der Waals surface area contributed by atoms with Gasteiger partial charge in [0.25, 0.3) is 6.01 Å². The molecular formula is C28H35N5O6S2. The van der Waals surface area contributed by atoms with E-state index in [1.165, 1.54) is 27.8 Å². The van der Waals surface area contributed by atoms with Gasteiger partial charge in [0.05, 0.1) is 27.4 Å². The number of carbonyl (C=O) groups is 1. The number of aliphatic hydroxyl groups is 1. The van der Waals surface area contributed by atoms with Gasteiger partial charge in [-0.2, -0.15) is 9.29 Å². The lowest BCUT2D eigenvalue weighted by Gasteiger charge is -2.35. The van der Waals surface area contributed by atoms with Crippen molar-refractivity contribution < 1.29 is 27.5 Å². The normalized spacial score (nSPS) is 13.4. The van der Waals surface area contributed by atoms with Crippen LogP contribution in [0.4, 0.5) is 10.8 Å². The van der Waals surface area contributed by atoms with Gasteiger partial charge < -0.3 is 24.5 Å². The molecule has 0 saturated carbocycles. The van der Waals surface area contributed by atoms with Crippen LogP contribution in [0.25, 0.3) is 11.1 Å². The van der Waals surface area contributed by atoms with Gasteiger partial charge in [-0.25, -0.2) is 13.2 Å². The summed E-state index contributed by atoms with van der Waals surface area (Å²) in [7, 11) is -0.552. The summed E-state index contributed by atoms with van der Waals surface area (Å²) in [5.41, 5.74) is 3.35. The summed E-state index contributed by atoms with van der Waals surface area (Å²) >= 11 is 1.36. The Morgan fingerprint density at radius 3 is 2.59 bits per heavy atom. The first-order valence-corrected chi connectivity index (χ1v) is 15.5. The molecule has 13 heteroatoms. The van der Waals surface area contributed by atoms with Gasteiger partial charge in [-0.1, -0.05) is 44.2 Å². The Morgan fingerprint density at radius 1 is 1.17 bits per heavy atom. The summed E-state index contributed by atoms with van der Waals surface area (Å²) in [5, 5.41) is 14.0. The first-order valence-electron chi connectivity index (χ1n) is 13.1. The number of carbonyl (C=O) groups excluding carboxylic acids is 1. The fraction of sp³-hybridized carbons (Fsp3) is 0.393. The van der Waals surface area contributed by atoms with Crippen LogP contribution in [-0.4, -0.2) is 73.2 Å². The molecule has 2 heterocycles. The van der Waals surface area contributed by atoms with Gasteiger partial charge in [0.2, 0.25) is 10.0 Å². The van der Waals surface area contributed by atoms with Crippen molar-refractivity contribution in [3.05, 3.63) is 70.7 Å². The number of sulfonamides is 1. The quantitative estimate of drug-likeness (QED) is 0.234. The van der Waals surface area contributed by atoms with Gasteiger partial charge >= 0.3 is 6.09 Å². The molecule has 0 aliphatic rings. The van der Waals surface area contributed by atoms with Gasteiger partial charge in [-0.15, -0.1) is 11.3 Å². The lowest BCUT2D eigenvalue weighted by molar-refractivity contribution is 0.0786. The molecule has 2 atom stereocenters. The second kappa shape index (κ2) is 13.4. The van der Waals surface area contributed by atoms with Gasteiger partial charge in [0, 0.05) is 39.4 Å². The molecule has 0 spiro atoms. The molecule has 2 aromatic heterocycles. The van der Waals surface area contributed by atoms with E-state index in [0.717, 1.165) is 10.4 Å². The van der Waals surface area contributed by atoms with E-state index in [4.69, 9.17) is 9.15 Å². The minimum absolute atomic E-state index is 0.0225. The Kier molecular flexibility index (Phi) is 9.97. The SMILES string of the molecule is CC(C)CN(C(Cc1ccccc1)C(O)CNC(=O)OCc1cncs1)S(=O)(=O)c1ccc2nc(N(C)C)oc2c1. The molecule has 0 fully saturated rings. The Hall–Kier alpha value is -3.52. The number of amides is 1. The van der Waals surface area contributed by atoms with Crippen LogP contribution in [0.3, 0.4) is 0 Å². The summed E-state index contributed by atoms with van der Waals surface area (Å²) in [6.07, 6.45) is -0.133. The van der Waals surface area contributed by atoms with Crippen molar-refractivity contribution in [3.63, 3.8) is 0 Å². The zero-order chi connectivity index (χ0) is 29.6. The molecule has 1 amide bonds. The Labute approximate surface area is 243 Å². The highest BCUT2D eigenvalue weighted by atomic mass is 32.2. The molecule has 4 aromatic rings. The second-order valence-electron chi connectivity index (χ2n) is 10.2. The smallest absolute Gasteiger partial charge is 0.407 e. The predicted molar refractivity (Wildman–Crippen MR) is 157 cm³/mol. The van der Waals surface area contributed by atoms with E-state index in [1.807, 2.05) is 44.2 Å². The van der Waals surface area contributed by atoms with Crippen LogP contribution in [-0.2, 0) is 27.8 Å². The highest BCUT2D eigenvalue weighted by Gasteiger charge is 2.37. The number of fused-ring (bicyclic) bond motifs is 1. The third-order valence-electron chi connectivity index (χ3n) is 6.27. The largest absolute Gasteiger partial charge is 0.444 e. The van der Waals surface area contributed by atoms with Crippen molar-refractivity contribution >= 4 is 44.6 Å². The zero-order valence-electron chi connectivity index (χ0n) is 23.4. The van der Waals surface area contributed by atoms with E-state index in [9.17, 15) is 18.3 Å². The molecule has 2 N–H and O–H groups in total. The monoisotopic (exact) mass is 601 g/mol. The van der Waals surface area contributed by atoms with Gasteiger partial charge in [-0.3, -0.25) is 4.98 Å². The molecule has 220 valence electrons. The third kappa shape index (κ3) is 7.82. The molecule has 0 bridgehead atoms. The fourth-order valence-corrected chi connectivity index (χ4v) is 6.60. The molecule has 4 rings (SSSR count). The Morgan fingerprint density at radius 2 is 1.93 bits per heavy atom. The van der Waals surface area contributed by atoms with E-state index in [1.54, 1.807) is 36.8 Å². The lowest BCUT2D eigenvalue weighted by atomic mass is 10.0. The highest BCUT2D eigenvalue weighted by Crippen LogP contribution is 2.28. The minimum atomic E-state index is -4.12. The zero-order valence-corrected chi connectivity index (χ0v) is 25.1. The molecule has 41 heavy (non-hydrogen) atoms. The number of oxazole rings is 1. The molecule has 0 radical (unpaired) electrons. The summed E-state index contributed by atoms with van der Waals surface area (Å²) < 4.78 is 40.7. The van der Waals surface area contributed by atoms with Crippen molar-refractivity contribution in [3.8, 4) is 0 Å². The highest BCUT2D eigenvalue weighted by molar-refractivity contribution is 7.89. The van der Waals surface area contributed by atoms with E-state index < -0.39 is 28.3 Å². The maximum Gasteiger partial charge on any atom is 0.407 e. The fourth-order valence-electron chi connectivity index (χ4n) is 4.26. The molecule has 0 aliphatic heterocycles. The van der Waals surface area contributed by atoms with Gasteiger partial charge in [0.1, 0.15) is 12.1 Å². The maximum atomic E-state index is 14.2. The number of thiazole rings is 1. The minimum Gasteiger partial charge on any atom is -0.444 e. The first kappa shape index (κ1) is 30.4. The Balaban J connectivity index is 1.62. The van der Waals surface area contributed by atoms with Crippen molar-refractivity contribution in [2.24, 2.45) is 5.92 Å². The number of aliphatic hydroxyl groups excluding tert-OH is 1. The van der Waals surface area contributed by atoms with Crippen molar-refractivity contribution in [1.29, 1.82) is 0 Å². The number of rotatable bonds is 13. The lowest BCUT2D eigenvalue weighted by Crippen LogP contribution is -2.52. The molecule has 2 unspecified atom stereocenters. The summed E-state index contributed by atoms with van der Waals surface area (Å²) in [5.74, 6) is -0.0538. The number of aromatic nitrogens is 2. The summed E-state index contributed by atoms with van der Waals surface area (Å²) in [6, 6.07) is 13.4. The number of nitrogens with zero attached hydrogens (tertiary/aromatic N) is 4. The number of hydrogen-bond acceptors (Lipinski definition) is 10.